The quantitative estimate of drug-likeness (QED) is 0.0629. The van der Waals surface area contributed by atoms with Crippen LogP contribution in [-0.4, -0.2) is 318 Å². The summed E-state index contributed by atoms with van der Waals surface area (Å²) < 4.78 is 135. The Labute approximate surface area is 559 Å². The van der Waals surface area contributed by atoms with E-state index in [0.717, 1.165) is 34.6 Å². The molecule has 24 nitrogen and oxygen atoms in total. The lowest BCUT2D eigenvalue weighted by molar-refractivity contribution is -0.0281. The lowest BCUT2D eigenvalue weighted by Gasteiger charge is -2.33. The summed E-state index contributed by atoms with van der Waals surface area (Å²) in [5.41, 5.74) is 5.08. The van der Waals surface area contributed by atoms with Gasteiger partial charge in [0.15, 0.2) is 0 Å². The third-order valence-electron chi connectivity index (χ3n) is 13.4. The van der Waals surface area contributed by atoms with Crippen LogP contribution in [0.3, 0.4) is 0 Å². The topological polar surface area (TPSA) is 222 Å². The Bertz CT molecular complexity index is 1740. The van der Waals surface area contributed by atoms with Gasteiger partial charge in [-0.15, -0.1) is 0 Å². The van der Waals surface area contributed by atoms with Gasteiger partial charge in [-0.2, -0.15) is 0 Å². The Morgan fingerprint density at radius 2 is 0.374 bits per heavy atom. The largest absolute Gasteiger partial charge is 0.382 e. The van der Waals surface area contributed by atoms with Crippen molar-refractivity contribution in [3.05, 3.63) is 56.5 Å². The molecule has 0 radical (unpaired) electrons. The Morgan fingerprint density at radius 1 is 0.220 bits per heavy atom. The van der Waals surface area contributed by atoms with Crippen LogP contribution in [0.5, 0.6) is 0 Å². The minimum atomic E-state index is -0.182. The number of methoxy groups -OCH3 is 2. The standard InChI is InChI=1S/C65H112Br2O24/c1-68-13-15-72-21-23-76-29-31-80-37-39-84-45-47-88-53-55-90-51-49-86-43-41-82-35-33-78-27-25-74-19-17-70-11-3-9-65(63-57-59(66)5-7-61(63)62-8-6-60(67)58-64(62)65)10-4-12-71-18-20-75-26-28-79-34-36-83-42-44-87-50-52-91-56-54-89-48-46-85-40-38-81-32-30-77-24-22-73-16-14-69-2/h5-8,57-58H,3-4,9-56H2,1-2H3. The molecule has 0 aliphatic heterocycles. The number of halogens is 2. The van der Waals surface area contributed by atoms with Crippen molar-refractivity contribution in [2.75, 3.05) is 318 Å². The lowest BCUT2D eigenvalue weighted by atomic mass is 9.71. The normalized spacial score (nSPS) is 12.7. The minimum Gasteiger partial charge on any atom is -0.382 e. The molecule has 0 amide bonds. The van der Waals surface area contributed by atoms with E-state index in [-0.39, 0.29) is 5.41 Å². The van der Waals surface area contributed by atoms with E-state index in [4.69, 9.17) is 114 Å². The molecule has 0 saturated heterocycles. The van der Waals surface area contributed by atoms with Gasteiger partial charge in [0.1, 0.15) is 0 Å². The summed E-state index contributed by atoms with van der Waals surface area (Å²) in [5, 5.41) is 0. The summed E-state index contributed by atoms with van der Waals surface area (Å²) in [4.78, 5) is 0. The van der Waals surface area contributed by atoms with Gasteiger partial charge in [-0.05, 0) is 72.2 Å². The number of benzene rings is 2. The minimum absolute atomic E-state index is 0.182. The molecule has 1 aliphatic rings. The fourth-order valence-corrected chi connectivity index (χ4v) is 9.66. The van der Waals surface area contributed by atoms with Gasteiger partial charge in [-0.25, -0.2) is 0 Å². The second kappa shape index (κ2) is 64.4. The van der Waals surface area contributed by atoms with Crippen LogP contribution in [0, 0.1) is 0 Å². The van der Waals surface area contributed by atoms with Crippen LogP contribution in [0.15, 0.2) is 45.3 Å². The van der Waals surface area contributed by atoms with Gasteiger partial charge in [-0.3, -0.25) is 0 Å². The van der Waals surface area contributed by atoms with E-state index in [0.29, 0.717) is 304 Å². The highest BCUT2D eigenvalue weighted by Crippen LogP contribution is 2.55. The van der Waals surface area contributed by atoms with Gasteiger partial charge < -0.3 is 114 Å². The first-order valence-electron chi connectivity index (χ1n) is 32.4. The Kier molecular flexibility index (Phi) is 59.2. The summed E-state index contributed by atoms with van der Waals surface area (Å²) in [6.07, 6.45) is 3.66. The molecule has 0 fully saturated rings. The number of fused-ring (bicyclic) bond motifs is 3. The first-order valence-corrected chi connectivity index (χ1v) is 34.0. The Balaban J connectivity index is 1.07. The van der Waals surface area contributed by atoms with Crippen molar-refractivity contribution in [1.29, 1.82) is 0 Å². The zero-order valence-electron chi connectivity index (χ0n) is 54.9. The molecule has 26 heteroatoms. The van der Waals surface area contributed by atoms with Crippen LogP contribution in [0.25, 0.3) is 11.1 Å². The summed E-state index contributed by atoms with van der Waals surface area (Å²) in [6.45, 7) is 23.7. The number of rotatable bonds is 74. The molecular formula is C65H112Br2O24. The molecule has 530 valence electrons. The van der Waals surface area contributed by atoms with E-state index >= 15 is 0 Å². The maximum absolute atomic E-state index is 6.09. The molecular weight excluding hydrogens is 1320 g/mol. The Morgan fingerprint density at radius 3 is 0.538 bits per heavy atom. The third-order valence-corrected chi connectivity index (χ3v) is 14.4. The van der Waals surface area contributed by atoms with Gasteiger partial charge in [0.05, 0.1) is 291 Å². The molecule has 0 saturated carbocycles. The van der Waals surface area contributed by atoms with Crippen LogP contribution in [0.4, 0.5) is 0 Å². The van der Waals surface area contributed by atoms with Crippen molar-refractivity contribution in [3.63, 3.8) is 0 Å². The van der Waals surface area contributed by atoms with Crippen molar-refractivity contribution in [3.8, 4) is 11.1 Å². The zero-order chi connectivity index (χ0) is 64.5. The van der Waals surface area contributed by atoms with Gasteiger partial charge in [0.25, 0.3) is 0 Å². The highest BCUT2D eigenvalue weighted by Gasteiger charge is 2.42. The molecule has 2 aromatic rings. The molecule has 0 unspecified atom stereocenters. The predicted molar refractivity (Wildman–Crippen MR) is 348 cm³/mol. The molecule has 0 atom stereocenters. The maximum Gasteiger partial charge on any atom is 0.0701 e. The summed E-state index contributed by atoms with van der Waals surface area (Å²) in [5.74, 6) is 0. The van der Waals surface area contributed by atoms with Crippen molar-refractivity contribution in [2.45, 2.75) is 31.1 Å². The van der Waals surface area contributed by atoms with Crippen LogP contribution in [0.2, 0.25) is 0 Å². The first-order chi connectivity index (χ1) is 45.1. The monoisotopic (exact) mass is 1430 g/mol. The predicted octanol–water partition coefficient (Wildman–Crippen LogP) is 6.70. The number of ether oxygens (including phenoxy) is 24. The van der Waals surface area contributed by atoms with Crippen molar-refractivity contribution in [2.24, 2.45) is 0 Å². The van der Waals surface area contributed by atoms with Gasteiger partial charge in [0, 0.05) is 41.8 Å². The first kappa shape index (κ1) is 83.7. The second-order valence-corrected chi connectivity index (χ2v) is 22.0. The van der Waals surface area contributed by atoms with Gasteiger partial charge in [-0.1, -0.05) is 44.0 Å². The molecule has 1 aliphatic carbocycles. The van der Waals surface area contributed by atoms with Crippen LogP contribution in [0.1, 0.15) is 36.8 Å². The third kappa shape index (κ3) is 47.1. The molecule has 0 heterocycles. The van der Waals surface area contributed by atoms with Crippen LogP contribution < -0.4 is 0 Å². The van der Waals surface area contributed by atoms with Crippen molar-refractivity contribution >= 4 is 31.9 Å². The molecule has 2 aromatic carbocycles. The van der Waals surface area contributed by atoms with E-state index in [1.807, 2.05) is 0 Å². The molecule has 0 N–H and O–H groups in total. The molecule has 0 bridgehead atoms. The summed E-state index contributed by atoms with van der Waals surface area (Å²) in [6, 6.07) is 13.3. The number of hydrogen-bond donors (Lipinski definition) is 0. The van der Waals surface area contributed by atoms with E-state index in [1.54, 1.807) is 14.2 Å². The fourth-order valence-electron chi connectivity index (χ4n) is 8.94. The van der Waals surface area contributed by atoms with Gasteiger partial charge >= 0.3 is 0 Å². The Hall–Kier alpha value is -1.56. The molecule has 3 rings (SSSR count). The van der Waals surface area contributed by atoms with E-state index in [2.05, 4.69) is 68.3 Å². The van der Waals surface area contributed by atoms with Crippen LogP contribution in [-0.2, 0) is 119 Å². The van der Waals surface area contributed by atoms with Crippen molar-refractivity contribution < 1.29 is 114 Å². The maximum atomic E-state index is 6.09. The molecule has 0 spiro atoms. The second-order valence-electron chi connectivity index (χ2n) is 20.1. The average molecular weight is 1440 g/mol. The SMILES string of the molecule is COCCOCCOCCOCCOCCOCCOCCOCCOCCOCCOCCOCCCC1(CCCOCCOCCOCCOCCOCCOCCOCCOCCOCCOCCOCCOC)c2cc(Br)ccc2-c2ccc(Br)cc21. The average Bonchev–Trinajstić information content (AvgIpc) is 1.58. The highest BCUT2D eigenvalue weighted by atomic mass is 79.9. The zero-order valence-corrected chi connectivity index (χ0v) is 58.0. The van der Waals surface area contributed by atoms with E-state index in [9.17, 15) is 0 Å². The van der Waals surface area contributed by atoms with Crippen molar-refractivity contribution in [1.82, 2.24) is 0 Å². The fraction of sp³-hybridized carbons (Fsp3) is 0.815. The van der Waals surface area contributed by atoms with E-state index in [1.165, 1.54) is 22.3 Å². The summed E-state index contributed by atoms with van der Waals surface area (Å²) >= 11 is 7.55. The molecule has 0 aromatic heterocycles. The highest BCUT2D eigenvalue weighted by molar-refractivity contribution is 9.10. The van der Waals surface area contributed by atoms with Crippen LogP contribution >= 0.6 is 31.9 Å². The van der Waals surface area contributed by atoms with E-state index < -0.39 is 0 Å². The summed E-state index contributed by atoms with van der Waals surface area (Å²) in [7, 11) is 3.29. The smallest absolute Gasteiger partial charge is 0.0701 e. The lowest BCUT2D eigenvalue weighted by Crippen LogP contribution is -2.27. The molecule has 91 heavy (non-hydrogen) atoms. The van der Waals surface area contributed by atoms with Gasteiger partial charge in [0.2, 0.25) is 0 Å². The number of hydrogen-bond acceptors (Lipinski definition) is 24.